The number of hydrogen-bond donors (Lipinski definition) is 0. The summed E-state index contributed by atoms with van der Waals surface area (Å²) in [7, 11) is 1.76. The summed E-state index contributed by atoms with van der Waals surface area (Å²) < 4.78 is 9.02. The highest BCUT2D eigenvalue weighted by molar-refractivity contribution is 5.76. The zero-order chi connectivity index (χ0) is 19.0. The summed E-state index contributed by atoms with van der Waals surface area (Å²) in [6, 6.07) is 0. The molecular weight excluding hydrogens is 350 g/mol. The summed E-state index contributed by atoms with van der Waals surface area (Å²) in [5, 5.41) is 15.7. The number of fused-ring (bicyclic) bond motifs is 1. The first-order chi connectivity index (χ1) is 13.0. The summed E-state index contributed by atoms with van der Waals surface area (Å²) in [5.74, 6) is 1.28. The molecule has 142 valence electrons. The SMILES string of the molecule is Cc1nc2ncnn2c(C)c1CCC(=O)N1CCOC(c2nnnn2C)C1. The van der Waals surface area contributed by atoms with Crippen LogP contribution in [0.5, 0.6) is 0 Å². The van der Waals surface area contributed by atoms with Gasteiger partial charge in [0.25, 0.3) is 5.78 Å². The maximum Gasteiger partial charge on any atom is 0.252 e. The summed E-state index contributed by atoms with van der Waals surface area (Å²) in [5.41, 5.74) is 2.88. The minimum Gasteiger partial charge on any atom is -0.366 e. The quantitative estimate of drug-likeness (QED) is 0.619. The van der Waals surface area contributed by atoms with Crippen molar-refractivity contribution in [1.82, 2.24) is 44.7 Å². The Morgan fingerprint density at radius 1 is 1.37 bits per heavy atom. The Hall–Kier alpha value is -2.95. The van der Waals surface area contributed by atoms with Gasteiger partial charge >= 0.3 is 0 Å². The molecule has 0 aromatic carbocycles. The molecule has 1 unspecified atom stereocenters. The molecule has 11 nitrogen and oxygen atoms in total. The molecule has 27 heavy (non-hydrogen) atoms. The smallest absolute Gasteiger partial charge is 0.252 e. The fourth-order valence-electron chi connectivity index (χ4n) is 3.45. The van der Waals surface area contributed by atoms with Crippen molar-refractivity contribution in [2.75, 3.05) is 19.7 Å². The predicted octanol–water partition coefficient (Wildman–Crippen LogP) is -0.203. The number of aryl methyl sites for hydroxylation is 3. The van der Waals surface area contributed by atoms with E-state index in [1.54, 1.807) is 16.2 Å². The molecule has 1 atom stereocenters. The first kappa shape index (κ1) is 17.5. The van der Waals surface area contributed by atoms with Gasteiger partial charge in [-0.1, -0.05) is 0 Å². The van der Waals surface area contributed by atoms with Gasteiger partial charge in [0, 0.05) is 31.4 Å². The molecule has 4 heterocycles. The normalized spacial score (nSPS) is 17.6. The fraction of sp³-hybridized carbons (Fsp3) is 0.562. The van der Waals surface area contributed by atoms with Gasteiger partial charge in [-0.2, -0.15) is 10.1 Å². The third-order valence-corrected chi connectivity index (χ3v) is 4.94. The largest absolute Gasteiger partial charge is 0.366 e. The molecule has 1 fully saturated rings. The number of nitrogens with zero attached hydrogens (tertiary/aromatic N) is 9. The zero-order valence-electron chi connectivity index (χ0n) is 15.5. The number of hydrogen-bond acceptors (Lipinski definition) is 8. The Balaban J connectivity index is 1.44. The van der Waals surface area contributed by atoms with E-state index in [4.69, 9.17) is 4.74 Å². The number of aromatic nitrogens is 8. The minimum atomic E-state index is -0.306. The standard InChI is InChI=1S/C16H21N9O2/c1-10-12(11(2)25-16(19-10)17-9-18-25)4-5-14(26)24-6-7-27-13(8-24)15-20-21-22-23(15)3/h9,13H,4-8H2,1-3H3. The molecule has 0 spiro atoms. The first-order valence-corrected chi connectivity index (χ1v) is 8.82. The van der Waals surface area contributed by atoms with Crippen LogP contribution in [-0.4, -0.2) is 70.3 Å². The Labute approximate surface area is 155 Å². The van der Waals surface area contributed by atoms with Gasteiger partial charge in [0.1, 0.15) is 12.4 Å². The number of rotatable bonds is 4. The van der Waals surface area contributed by atoms with Gasteiger partial charge < -0.3 is 9.64 Å². The maximum absolute atomic E-state index is 12.8. The molecule has 11 heteroatoms. The van der Waals surface area contributed by atoms with Crippen molar-refractivity contribution in [2.24, 2.45) is 7.05 Å². The number of carbonyl (C=O) groups excluding carboxylic acids is 1. The average molecular weight is 371 g/mol. The van der Waals surface area contributed by atoms with Crippen LogP contribution in [0.1, 0.15) is 35.3 Å². The van der Waals surface area contributed by atoms with Crippen LogP contribution in [0.3, 0.4) is 0 Å². The zero-order valence-corrected chi connectivity index (χ0v) is 15.5. The molecule has 0 saturated carbocycles. The third-order valence-electron chi connectivity index (χ3n) is 4.94. The molecule has 1 saturated heterocycles. The van der Waals surface area contributed by atoms with Gasteiger partial charge in [-0.05, 0) is 36.3 Å². The lowest BCUT2D eigenvalue weighted by atomic mass is 10.1. The molecule has 3 aromatic heterocycles. The van der Waals surface area contributed by atoms with Crippen LogP contribution in [0.4, 0.5) is 0 Å². The van der Waals surface area contributed by atoms with Gasteiger partial charge in [0.15, 0.2) is 5.82 Å². The highest BCUT2D eigenvalue weighted by Crippen LogP contribution is 2.21. The van der Waals surface area contributed by atoms with Crippen molar-refractivity contribution in [3.05, 3.63) is 29.1 Å². The summed E-state index contributed by atoms with van der Waals surface area (Å²) in [6.45, 7) is 5.40. The van der Waals surface area contributed by atoms with Crippen LogP contribution in [-0.2, 0) is 23.0 Å². The van der Waals surface area contributed by atoms with Crippen LogP contribution >= 0.6 is 0 Å². The molecule has 1 aliphatic rings. The third kappa shape index (κ3) is 3.25. The van der Waals surface area contributed by atoms with Crippen molar-refractivity contribution in [1.29, 1.82) is 0 Å². The molecule has 0 bridgehead atoms. The topological polar surface area (TPSA) is 116 Å². The maximum atomic E-state index is 12.8. The second-order valence-corrected chi connectivity index (χ2v) is 6.59. The summed E-state index contributed by atoms with van der Waals surface area (Å²) in [6.07, 6.45) is 2.18. The van der Waals surface area contributed by atoms with E-state index in [1.165, 1.54) is 6.33 Å². The van der Waals surface area contributed by atoms with Gasteiger partial charge in [-0.25, -0.2) is 14.2 Å². The molecule has 3 aromatic rings. The summed E-state index contributed by atoms with van der Waals surface area (Å²) in [4.78, 5) is 23.2. The van der Waals surface area contributed by atoms with E-state index in [0.29, 0.717) is 44.1 Å². The number of tetrazole rings is 1. The Morgan fingerprint density at radius 2 is 2.22 bits per heavy atom. The minimum absolute atomic E-state index is 0.0796. The van der Waals surface area contributed by atoms with Crippen molar-refractivity contribution in [2.45, 2.75) is 32.8 Å². The monoisotopic (exact) mass is 371 g/mol. The van der Waals surface area contributed by atoms with Crippen LogP contribution in [0.15, 0.2) is 6.33 Å². The number of morpholine rings is 1. The van der Waals surface area contributed by atoms with E-state index in [-0.39, 0.29) is 12.0 Å². The Bertz CT molecular complexity index is 980. The number of amides is 1. The van der Waals surface area contributed by atoms with Crippen molar-refractivity contribution in [3.63, 3.8) is 0 Å². The fourth-order valence-corrected chi connectivity index (χ4v) is 3.45. The predicted molar refractivity (Wildman–Crippen MR) is 92.6 cm³/mol. The second kappa shape index (κ2) is 6.99. The van der Waals surface area contributed by atoms with Crippen LogP contribution in [0, 0.1) is 13.8 Å². The Kier molecular flexibility index (Phi) is 4.52. The Morgan fingerprint density at radius 3 is 3.00 bits per heavy atom. The van der Waals surface area contributed by atoms with Crippen molar-refractivity contribution < 1.29 is 9.53 Å². The highest BCUT2D eigenvalue weighted by Gasteiger charge is 2.28. The lowest BCUT2D eigenvalue weighted by Gasteiger charge is -2.32. The summed E-state index contributed by atoms with van der Waals surface area (Å²) >= 11 is 0. The molecule has 1 aliphatic heterocycles. The van der Waals surface area contributed by atoms with Crippen LogP contribution < -0.4 is 0 Å². The van der Waals surface area contributed by atoms with Gasteiger partial charge in [-0.15, -0.1) is 5.10 Å². The van der Waals surface area contributed by atoms with Crippen LogP contribution in [0.25, 0.3) is 5.78 Å². The van der Waals surface area contributed by atoms with E-state index in [2.05, 4.69) is 30.6 Å². The van der Waals surface area contributed by atoms with Gasteiger partial charge in [0.2, 0.25) is 5.91 Å². The first-order valence-electron chi connectivity index (χ1n) is 8.82. The van der Waals surface area contributed by atoms with Crippen molar-refractivity contribution in [3.8, 4) is 0 Å². The molecule has 0 aliphatic carbocycles. The van der Waals surface area contributed by atoms with E-state index in [9.17, 15) is 4.79 Å². The average Bonchev–Trinajstić information content (AvgIpc) is 3.30. The van der Waals surface area contributed by atoms with E-state index >= 15 is 0 Å². The van der Waals surface area contributed by atoms with Crippen molar-refractivity contribution >= 4 is 11.7 Å². The van der Waals surface area contributed by atoms with Gasteiger partial charge in [0.05, 0.1) is 13.2 Å². The lowest BCUT2D eigenvalue weighted by molar-refractivity contribution is -0.139. The molecule has 4 rings (SSSR count). The second-order valence-electron chi connectivity index (χ2n) is 6.59. The number of carbonyl (C=O) groups is 1. The van der Waals surface area contributed by atoms with E-state index < -0.39 is 0 Å². The molecular formula is C16H21N9O2. The van der Waals surface area contributed by atoms with E-state index in [0.717, 1.165) is 17.0 Å². The van der Waals surface area contributed by atoms with E-state index in [1.807, 2.05) is 18.7 Å². The number of ether oxygens (including phenoxy) is 1. The van der Waals surface area contributed by atoms with Crippen LogP contribution in [0.2, 0.25) is 0 Å². The molecule has 0 N–H and O–H groups in total. The van der Waals surface area contributed by atoms with Gasteiger partial charge in [-0.3, -0.25) is 4.79 Å². The molecule has 0 radical (unpaired) electrons. The lowest BCUT2D eigenvalue weighted by Crippen LogP contribution is -2.43. The highest BCUT2D eigenvalue weighted by atomic mass is 16.5. The molecule has 1 amide bonds.